The Labute approximate surface area is 223 Å². The number of likely N-dealkylation sites (tertiary alicyclic amines) is 1. The summed E-state index contributed by atoms with van der Waals surface area (Å²) in [5.74, 6) is -4.91. The van der Waals surface area contributed by atoms with Crippen LogP contribution >= 0.6 is 0 Å². The highest BCUT2D eigenvalue weighted by Crippen LogP contribution is 2.41. The van der Waals surface area contributed by atoms with Gasteiger partial charge in [0, 0.05) is 44.2 Å². The first-order valence-electron chi connectivity index (χ1n) is 12.6. The number of ether oxygens (including phenoxy) is 1. The first-order valence-corrected chi connectivity index (χ1v) is 12.6. The van der Waals surface area contributed by atoms with Gasteiger partial charge in [-0.1, -0.05) is 0 Å². The zero-order valence-corrected chi connectivity index (χ0v) is 21.9. The number of anilines is 1. The molecule has 0 bridgehead atoms. The Hall–Kier alpha value is -3.51. The number of carbonyl (C=O) groups excluding carboxylic acids is 1. The summed E-state index contributed by atoms with van der Waals surface area (Å²) in [6, 6.07) is 3.68. The number of carbonyl (C=O) groups is 1. The summed E-state index contributed by atoms with van der Waals surface area (Å²) in [5.41, 5.74) is -1.70. The van der Waals surface area contributed by atoms with Crippen LogP contribution in [0.2, 0.25) is 0 Å². The first-order chi connectivity index (χ1) is 18.4. The van der Waals surface area contributed by atoms with Gasteiger partial charge in [-0.15, -0.1) is 0 Å². The number of piperidine rings is 1. The third kappa shape index (κ3) is 6.56. The van der Waals surface area contributed by atoms with Crippen LogP contribution in [0.5, 0.6) is 5.75 Å². The number of pyridine rings is 2. The van der Waals surface area contributed by atoms with E-state index in [9.17, 15) is 27.2 Å². The fourth-order valence-electron chi connectivity index (χ4n) is 4.68. The van der Waals surface area contributed by atoms with E-state index in [-0.39, 0.29) is 42.5 Å². The van der Waals surface area contributed by atoms with Crippen LogP contribution in [0.15, 0.2) is 59.1 Å². The lowest BCUT2D eigenvalue weighted by molar-refractivity contribution is -0.125. The molecule has 3 atom stereocenters. The molecule has 2 aromatic rings. The van der Waals surface area contributed by atoms with Crippen molar-refractivity contribution in [2.75, 3.05) is 25.5 Å². The van der Waals surface area contributed by atoms with Gasteiger partial charge in [-0.05, 0) is 56.8 Å². The molecule has 0 radical (unpaired) electrons. The van der Waals surface area contributed by atoms with Crippen molar-refractivity contribution in [3.63, 3.8) is 0 Å². The predicted octanol–water partition coefficient (Wildman–Crippen LogP) is 4.19. The topological polar surface area (TPSA) is 99.3 Å². The number of nitrogens with zero attached hydrogens (tertiary/aromatic N) is 2. The van der Waals surface area contributed by atoms with Crippen LogP contribution in [-0.4, -0.2) is 58.5 Å². The number of nitrogens with one attached hydrogen (secondary N) is 3. The van der Waals surface area contributed by atoms with E-state index in [0.717, 1.165) is 6.08 Å². The van der Waals surface area contributed by atoms with E-state index in [0.29, 0.717) is 11.1 Å². The molecule has 2 aliphatic rings. The Bertz CT molecular complexity index is 1320. The summed E-state index contributed by atoms with van der Waals surface area (Å²) in [4.78, 5) is 33.3. The van der Waals surface area contributed by atoms with Crippen molar-refractivity contribution in [1.82, 2.24) is 20.2 Å². The maximum absolute atomic E-state index is 14.9. The molecular weight excluding hydrogens is 518 g/mol. The minimum Gasteiger partial charge on any atom is -0.457 e. The minimum absolute atomic E-state index is 0.0111. The van der Waals surface area contributed by atoms with E-state index in [1.54, 1.807) is 18.9 Å². The molecule has 1 aliphatic heterocycles. The van der Waals surface area contributed by atoms with Crippen molar-refractivity contribution < 1.29 is 27.1 Å². The summed E-state index contributed by atoms with van der Waals surface area (Å²) >= 11 is 0. The van der Waals surface area contributed by atoms with Crippen LogP contribution in [0.3, 0.4) is 0 Å². The predicted molar refractivity (Wildman–Crippen MR) is 138 cm³/mol. The number of alkyl halides is 3. The number of hydrogen-bond acceptors (Lipinski definition) is 6. The molecule has 1 saturated heterocycles. The maximum atomic E-state index is 14.9. The number of rotatable bonds is 8. The Morgan fingerprint density at radius 3 is 2.74 bits per heavy atom. The molecule has 0 aromatic carbocycles. The van der Waals surface area contributed by atoms with E-state index in [1.165, 1.54) is 43.6 Å². The van der Waals surface area contributed by atoms with Gasteiger partial charge >= 0.3 is 0 Å². The highest BCUT2D eigenvalue weighted by Gasteiger charge is 2.46. The number of hydrogen-bond donors (Lipinski definition) is 3. The lowest BCUT2D eigenvalue weighted by atomic mass is 9.86. The SMILES string of the molecule is CNCc1cc([C@H]2CN([C@@H](C)C(=O)Nc3ccc(OC4=CC=C(F)CC4(C)F)cn3)CCC2(F)F)c[nH]c1=O. The van der Waals surface area contributed by atoms with Crippen LogP contribution in [0.1, 0.15) is 43.7 Å². The van der Waals surface area contributed by atoms with Crippen LogP contribution in [0.25, 0.3) is 0 Å². The second kappa shape index (κ2) is 11.3. The molecule has 1 aliphatic carbocycles. The molecule has 0 spiro atoms. The van der Waals surface area contributed by atoms with Crippen molar-refractivity contribution in [2.24, 2.45) is 0 Å². The summed E-state index contributed by atoms with van der Waals surface area (Å²) in [7, 11) is 1.66. The smallest absolute Gasteiger partial charge is 0.257 e. The van der Waals surface area contributed by atoms with Gasteiger partial charge in [0.25, 0.3) is 11.5 Å². The molecule has 1 amide bonds. The zero-order valence-electron chi connectivity index (χ0n) is 21.9. The molecule has 1 fully saturated rings. The molecule has 8 nitrogen and oxygen atoms in total. The lowest BCUT2D eigenvalue weighted by Crippen LogP contribution is -2.52. The fourth-order valence-corrected chi connectivity index (χ4v) is 4.68. The van der Waals surface area contributed by atoms with Crippen molar-refractivity contribution in [1.29, 1.82) is 0 Å². The highest BCUT2D eigenvalue weighted by molar-refractivity contribution is 5.93. The van der Waals surface area contributed by atoms with E-state index in [1.807, 2.05) is 0 Å². The first kappa shape index (κ1) is 28.5. The van der Waals surface area contributed by atoms with Gasteiger partial charge in [-0.25, -0.2) is 22.5 Å². The number of amides is 1. The van der Waals surface area contributed by atoms with Gasteiger partial charge < -0.3 is 20.4 Å². The molecule has 0 saturated carbocycles. The minimum atomic E-state index is -3.01. The molecule has 1 unspecified atom stereocenters. The maximum Gasteiger partial charge on any atom is 0.257 e. The van der Waals surface area contributed by atoms with Gasteiger partial charge in [0.1, 0.15) is 23.2 Å². The lowest BCUT2D eigenvalue weighted by Gasteiger charge is -2.40. The van der Waals surface area contributed by atoms with Gasteiger partial charge in [-0.2, -0.15) is 0 Å². The van der Waals surface area contributed by atoms with Crippen molar-refractivity contribution in [2.45, 2.75) is 56.8 Å². The standard InChI is InChI=1S/C27H31F4N5O3/c1-16(36-9-8-27(30,31)21(15-36)17-10-18(12-32-3)25(38)34-13-17)24(37)35-23-7-5-20(14-33-23)39-22-6-4-19(28)11-26(22,2)29/h4-7,10,13-14,16,21,32H,8-9,11-12,15H2,1-3H3,(H,34,38)(H,33,35,37)/t16-,21+,26?/m0/s1. The summed E-state index contributed by atoms with van der Waals surface area (Å²) in [6.45, 7) is 3.00. The fraction of sp³-hybridized carbons (Fsp3) is 0.444. The summed E-state index contributed by atoms with van der Waals surface area (Å²) < 4.78 is 63.4. The van der Waals surface area contributed by atoms with E-state index < -0.39 is 48.1 Å². The van der Waals surface area contributed by atoms with Crippen LogP contribution in [-0.2, 0) is 11.3 Å². The number of halogens is 4. The Morgan fingerprint density at radius 2 is 2.08 bits per heavy atom. The molecule has 39 heavy (non-hydrogen) atoms. The van der Waals surface area contributed by atoms with E-state index in [2.05, 4.69) is 20.6 Å². The molecular formula is C27H31F4N5O3. The zero-order chi connectivity index (χ0) is 28.4. The van der Waals surface area contributed by atoms with Gasteiger partial charge in [0.05, 0.1) is 18.2 Å². The number of allylic oxidation sites excluding steroid dienone is 4. The van der Waals surface area contributed by atoms with Crippen molar-refractivity contribution >= 4 is 11.7 Å². The van der Waals surface area contributed by atoms with Crippen molar-refractivity contribution in [3.05, 3.63) is 75.8 Å². The average molecular weight is 550 g/mol. The Kier molecular flexibility index (Phi) is 8.26. The summed E-state index contributed by atoms with van der Waals surface area (Å²) in [5, 5.41) is 5.51. The van der Waals surface area contributed by atoms with E-state index >= 15 is 0 Å². The Morgan fingerprint density at radius 1 is 1.31 bits per heavy atom. The molecule has 3 heterocycles. The normalized spacial score (nSPS) is 23.9. The van der Waals surface area contributed by atoms with Crippen molar-refractivity contribution in [3.8, 4) is 5.75 Å². The monoisotopic (exact) mass is 549 g/mol. The van der Waals surface area contributed by atoms with Gasteiger partial charge in [-0.3, -0.25) is 14.5 Å². The third-order valence-electron chi connectivity index (χ3n) is 7.00. The van der Waals surface area contributed by atoms with Crippen LogP contribution < -0.4 is 20.9 Å². The average Bonchev–Trinajstić information content (AvgIpc) is 2.87. The largest absolute Gasteiger partial charge is 0.457 e. The highest BCUT2D eigenvalue weighted by atomic mass is 19.3. The third-order valence-corrected chi connectivity index (χ3v) is 7.00. The van der Waals surface area contributed by atoms with Gasteiger partial charge in [0.15, 0.2) is 5.67 Å². The molecule has 2 aromatic heterocycles. The van der Waals surface area contributed by atoms with Crippen LogP contribution in [0.4, 0.5) is 23.4 Å². The number of aromatic amines is 1. The van der Waals surface area contributed by atoms with Crippen LogP contribution in [0, 0.1) is 0 Å². The summed E-state index contributed by atoms with van der Waals surface area (Å²) in [6.07, 6.45) is 4.09. The van der Waals surface area contributed by atoms with E-state index in [4.69, 9.17) is 4.74 Å². The second-order valence-electron chi connectivity index (χ2n) is 10.0. The second-order valence-corrected chi connectivity index (χ2v) is 10.0. The number of H-pyrrole nitrogens is 1. The molecule has 3 N–H and O–H groups in total. The quantitative estimate of drug-likeness (QED) is 0.427. The molecule has 210 valence electrons. The number of aromatic nitrogens is 2. The Balaban J connectivity index is 1.41. The molecule has 4 rings (SSSR count). The molecule has 12 heteroatoms. The van der Waals surface area contributed by atoms with Gasteiger partial charge in [0.2, 0.25) is 5.91 Å².